The number of hydrogen-bond donors (Lipinski definition) is 0. The molecule has 0 unspecified atom stereocenters. The Balaban J connectivity index is 1.27. The molecule has 1 aliphatic rings. The van der Waals surface area contributed by atoms with Gasteiger partial charge in [0.05, 0.1) is 19.8 Å². The van der Waals surface area contributed by atoms with Crippen LogP contribution in [0.25, 0.3) is 0 Å². The minimum Gasteiger partial charge on any atom is -0.489 e. The fraction of sp³-hybridized carbons (Fsp3) is 0.250. The Kier molecular flexibility index (Phi) is 6.35. The van der Waals surface area contributed by atoms with Crippen LogP contribution in [0.5, 0.6) is 5.75 Å². The third kappa shape index (κ3) is 5.20. The van der Waals surface area contributed by atoms with Gasteiger partial charge in [0, 0.05) is 5.56 Å². The van der Waals surface area contributed by atoms with Gasteiger partial charge in [-0.3, -0.25) is 0 Å². The van der Waals surface area contributed by atoms with Crippen molar-refractivity contribution in [2.45, 2.75) is 25.6 Å². The molecule has 3 aromatic rings. The quantitative estimate of drug-likeness (QED) is 0.588. The van der Waals surface area contributed by atoms with Crippen LogP contribution in [-0.4, -0.2) is 19.3 Å². The van der Waals surface area contributed by atoms with Crippen molar-refractivity contribution in [3.63, 3.8) is 0 Å². The van der Waals surface area contributed by atoms with E-state index in [0.717, 1.165) is 22.4 Å². The molecule has 0 radical (unpaired) electrons. The van der Waals surface area contributed by atoms with Gasteiger partial charge >= 0.3 is 0 Å². The minimum atomic E-state index is -0.392. The largest absolute Gasteiger partial charge is 0.489 e. The second-order valence-corrected chi connectivity index (χ2v) is 6.76. The minimum absolute atomic E-state index is 0.0611. The van der Waals surface area contributed by atoms with Crippen LogP contribution in [0.1, 0.15) is 23.0 Å². The fourth-order valence-corrected chi connectivity index (χ4v) is 3.05. The predicted molar refractivity (Wildman–Crippen MR) is 107 cm³/mol. The van der Waals surface area contributed by atoms with Crippen molar-refractivity contribution in [3.8, 4) is 5.75 Å². The first-order valence-corrected chi connectivity index (χ1v) is 9.52. The van der Waals surface area contributed by atoms with Crippen LogP contribution in [0, 0.1) is 0 Å². The van der Waals surface area contributed by atoms with Crippen LogP contribution < -0.4 is 4.74 Å². The van der Waals surface area contributed by atoms with Crippen molar-refractivity contribution >= 4 is 0 Å². The Morgan fingerprint density at radius 2 is 1.36 bits per heavy atom. The first-order chi connectivity index (χ1) is 13.9. The number of rotatable bonds is 7. The van der Waals surface area contributed by atoms with Gasteiger partial charge in [0.15, 0.2) is 6.29 Å². The topological polar surface area (TPSA) is 36.9 Å². The van der Waals surface area contributed by atoms with E-state index >= 15 is 0 Å². The molecule has 1 saturated heterocycles. The van der Waals surface area contributed by atoms with Crippen LogP contribution in [0.4, 0.5) is 0 Å². The molecule has 4 nitrogen and oxygen atoms in total. The molecule has 0 bridgehead atoms. The zero-order valence-corrected chi connectivity index (χ0v) is 15.7. The van der Waals surface area contributed by atoms with Gasteiger partial charge in [-0.05, 0) is 23.3 Å². The van der Waals surface area contributed by atoms with Gasteiger partial charge in [-0.25, -0.2) is 0 Å². The lowest BCUT2D eigenvalue weighted by Gasteiger charge is -2.29. The molecule has 0 amide bonds. The van der Waals surface area contributed by atoms with Gasteiger partial charge in [-0.2, -0.15) is 0 Å². The van der Waals surface area contributed by atoms with Crippen LogP contribution in [0.3, 0.4) is 0 Å². The highest BCUT2D eigenvalue weighted by Crippen LogP contribution is 2.27. The number of ether oxygens (including phenoxy) is 4. The molecule has 0 aromatic heterocycles. The van der Waals surface area contributed by atoms with E-state index < -0.39 is 6.29 Å². The molecule has 0 aliphatic carbocycles. The highest BCUT2D eigenvalue weighted by atomic mass is 16.7. The molecule has 0 saturated carbocycles. The molecule has 1 aliphatic heterocycles. The molecule has 3 aromatic carbocycles. The number of hydrogen-bond acceptors (Lipinski definition) is 4. The molecule has 4 rings (SSSR count). The molecule has 0 atom stereocenters. The molecule has 0 spiro atoms. The van der Waals surface area contributed by atoms with Crippen LogP contribution in [-0.2, 0) is 27.4 Å². The van der Waals surface area contributed by atoms with E-state index in [2.05, 4.69) is 0 Å². The van der Waals surface area contributed by atoms with E-state index in [0.29, 0.717) is 26.4 Å². The molecule has 4 heteroatoms. The van der Waals surface area contributed by atoms with Gasteiger partial charge in [0.25, 0.3) is 0 Å². The van der Waals surface area contributed by atoms with E-state index in [1.807, 2.05) is 84.9 Å². The Morgan fingerprint density at radius 1 is 0.714 bits per heavy atom. The standard InChI is InChI=1S/C24H24O4/c1-3-8-19(9-4-1)15-25-22-13-7-12-21(14-22)24-27-17-23(18-28-24)26-16-20-10-5-2-6-11-20/h1-14,23-24H,15-18H2/t23-,24+. The average molecular weight is 376 g/mol. The van der Waals surface area contributed by atoms with Gasteiger partial charge in [0.2, 0.25) is 0 Å². The second kappa shape index (κ2) is 9.51. The number of benzene rings is 3. The zero-order valence-electron chi connectivity index (χ0n) is 15.7. The highest BCUT2D eigenvalue weighted by Gasteiger charge is 2.24. The van der Waals surface area contributed by atoms with Gasteiger partial charge in [0.1, 0.15) is 18.5 Å². The van der Waals surface area contributed by atoms with Gasteiger partial charge in [-0.1, -0.05) is 72.8 Å². The van der Waals surface area contributed by atoms with E-state index in [4.69, 9.17) is 18.9 Å². The summed E-state index contributed by atoms with van der Waals surface area (Å²) in [5, 5.41) is 0. The maximum atomic E-state index is 5.90. The van der Waals surface area contributed by atoms with Crippen LogP contribution in [0.15, 0.2) is 84.9 Å². The van der Waals surface area contributed by atoms with E-state index in [9.17, 15) is 0 Å². The smallest absolute Gasteiger partial charge is 0.184 e. The Hall–Kier alpha value is -2.66. The lowest BCUT2D eigenvalue weighted by atomic mass is 10.2. The summed E-state index contributed by atoms with van der Waals surface area (Å²) < 4.78 is 23.5. The summed E-state index contributed by atoms with van der Waals surface area (Å²) >= 11 is 0. The summed E-state index contributed by atoms with van der Waals surface area (Å²) in [4.78, 5) is 0. The van der Waals surface area contributed by atoms with Crippen molar-refractivity contribution in [2.75, 3.05) is 13.2 Å². The molecule has 0 N–H and O–H groups in total. The van der Waals surface area contributed by atoms with Crippen molar-refractivity contribution in [1.29, 1.82) is 0 Å². The Morgan fingerprint density at radius 3 is 2.04 bits per heavy atom. The van der Waals surface area contributed by atoms with Crippen LogP contribution >= 0.6 is 0 Å². The van der Waals surface area contributed by atoms with Crippen LogP contribution in [0.2, 0.25) is 0 Å². The predicted octanol–water partition coefficient (Wildman–Crippen LogP) is 4.90. The van der Waals surface area contributed by atoms with E-state index in [1.54, 1.807) is 0 Å². The second-order valence-electron chi connectivity index (χ2n) is 6.76. The Bertz CT molecular complexity index is 843. The maximum absolute atomic E-state index is 5.90. The Labute approximate surface area is 165 Å². The fourth-order valence-electron chi connectivity index (χ4n) is 3.05. The molecule has 1 fully saturated rings. The van der Waals surface area contributed by atoms with E-state index in [-0.39, 0.29) is 6.10 Å². The summed E-state index contributed by atoms with van der Waals surface area (Å²) in [7, 11) is 0. The van der Waals surface area contributed by atoms with Crippen molar-refractivity contribution in [1.82, 2.24) is 0 Å². The SMILES string of the molecule is c1ccc(COc2cccc([C@H]3OC[C@@H](OCc4ccccc4)CO3)c2)cc1. The molecule has 1 heterocycles. The summed E-state index contributed by atoms with van der Waals surface area (Å²) in [6, 6.07) is 28.1. The summed E-state index contributed by atoms with van der Waals surface area (Å²) in [5.41, 5.74) is 3.23. The van der Waals surface area contributed by atoms with Crippen molar-refractivity contribution < 1.29 is 18.9 Å². The molecule has 28 heavy (non-hydrogen) atoms. The molecule has 144 valence electrons. The average Bonchev–Trinajstić information content (AvgIpc) is 2.78. The molecular formula is C24H24O4. The first-order valence-electron chi connectivity index (χ1n) is 9.52. The lowest BCUT2D eigenvalue weighted by Crippen LogP contribution is -2.33. The highest BCUT2D eigenvalue weighted by molar-refractivity contribution is 5.30. The summed E-state index contributed by atoms with van der Waals surface area (Å²) in [5.74, 6) is 0.802. The van der Waals surface area contributed by atoms with Gasteiger partial charge < -0.3 is 18.9 Å². The zero-order chi connectivity index (χ0) is 19.0. The normalized spacial score (nSPS) is 19.3. The first kappa shape index (κ1) is 18.7. The summed E-state index contributed by atoms with van der Waals surface area (Å²) in [6.45, 7) is 2.11. The van der Waals surface area contributed by atoms with Crippen molar-refractivity contribution in [3.05, 3.63) is 102 Å². The van der Waals surface area contributed by atoms with Crippen molar-refractivity contribution in [2.24, 2.45) is 0 Å². The monoisotopic (exact) mass is 376 g/mol. The van der Waals surface area contributed by atoms with Gasteiger partial charge in [-0.15, -0.1) is 0 Å². The molecular weight excluding hydrogens is 352 g/mol. The third-order valence-corrected chi connectivity index (χ3v) is 4.57. The third-order valence-electron chi connectivity index (χ3n) is 4.57. The lowest BCUT2D eigenvalue weighted by molar-refractivity contribution is -0.232. The summed E-state index contributed by atoms with van der Waals surface area (Å²) in [6.07, 6.45) is -0.453. The van der Waals surface area contributed by atoms with E-state index in [1.165, 1.54) is 0 Å². The maximum Gasteiger partial charge on any atom is 0.184 e.